The van der Waals surface area contributed by atoms with Crippen LogP contribution in [0.25, 0.3) is 0 Å². The number of carbonyl (C=O) groups is 1. The fraction of sp³-hybridized carbons (Fsp3) is 0.812. The molecule has 0 saturated carbocycles. The standard InChI is InChI=1S/C16H26O3/c1-4-15(2,3)14(17)19-16(10-11-18-12-16)13-8-6-5-7-9-13/h8H,4-7,9-12H2,1-3H3. The van der Waals surface area contributed by atoms with Crippen molar-refractivity contribution in [3.8, 4) is 0 Å². The third-order valence-electron chi connectivity index (χ3n) is 4.59. The Bertz CT molecular complexity index is 362. The van der Waals surface area contributed by atoms with Crippen LogP contribution in [0.4, 0.5) is 0 Å². The SMILES string of the molecule is CCC(C)(C)C(=O)OC1(C2=CCCCC2)CCOC1. The third-order valence-corrected chi connectivity index (χ3v) is 4.59. The van der Waals surface area contributed by atoms with Gasteiger partial charge < -0.3 is 9.47 Å². The summed E-state index contributed by atoms with van der Waals surface area (Å²) in [5, 5.41) is 0. The van der Waals surface area contributed by atoms with Gasteiger partial charge in [-0.3, -0.25) is 4.79 Å². The van der Waals surface area contributed by atoms with Gasteiger partial charge in [0.15, 0.2) is 5.60 Å². The highest BCUT2D eigenvalue weighted by Crippen LogP contribution is 2.38. The number of carbonyl (C=O) groups excluding carboxylic acids is 1. The van der Waals surface area contributed by atoms with Crippen LogP contribution in [0, 0.1) is 5.41 Å². The monoisotopic (exact) mass is 266 g/mol. The van der Waals surface area contributed by atoms with Gasteiger partial charge >= 0.3 is 5.97 Å². The van der Waals surface area contributed by atoms with E-state index in [-0.39, 0.29) is 5.97 Å². The molecule has 1 atom stereocenters. The maximum absolute atomic E-state index is 12.4. The summed E-state index contributed by atoms with van der Waals surface area (Å²) in [5.41, 5.74) is 0.408. The molecular weight excluding hydrogens is 240 g/mol. The molecule has 0 radical (unpaired) electrons. The molecule has 0 spiro atoms. The second-order valence-corrected chi connectivity index (χ2v) is 6.40. The minimum atomic E-state index is -0.468. The van der Waals surface area contributed by atoms with E-state index in [9.17, 15) is 4.79 Å². The Balaban J connectivity index is 2.16. The average Bonchev–Trinajstić information content (AvgIpc) is 2.89. The van der Waals surface area contributed by atoms with E-state index < -0.39 is 11.0 Å². The summed E-state index contributed by atoms with van der Waals surface area (Å²) >= 11 is 0. The van der Waals surface area contributed by atoms with Crippen molar-refractivity contribution >= 4 is 5.97 Å². The summed E-state index contributed by atoms with van der Waals surface area (Å²) in [6.07, 6.45) is 8.46. The first-order valence-electron chi connectivity index (χ1n) is 7.51. The molecule has 0 N–H and O–H groups in total. The molecule has 1 aliphatic carbocycles. The van der Waals surface area contributed by atoms with Crippen LogP contribution in [0.1, 0.15) is 59.3 Å². The van der Waals surface area contributed by atoms with Crippen LogP contribution in [0.15, 0.2) is 11.6 Å². The molecule has 1 aliphatic heterocycles. The number of rotatable bonds is 4. The molecule has 1 heterocycles. The van der Waals surface area contributed by atoms with Crippen molar-refractivity contribution in [2.24, 2.45) is 5.41 Å². The van der Waals surface area contributed by atoms with Gasteiger partial charge in [0.2, 0.25) is 0 Å². The molecule has 3 heteroatoms. The van der Waals surface area contributed by atoms with E-state index in [0.29, 0.717) is 13.2 Å². The zero-order valence-electron chi connectivity index (χ0n) is 12.5. The molecule has 2 rings (SSSR count). The number of hydrogen-bond donors (Lipinski definition) is 0. The van der Waals surface area contributed by atoms with Crippen molar-refractivity contribution in [1.82, 2.24) is 0 Å². The summed E-state index contributed by atoms with van der Waals surface area (Å²) in [6, 6.07) is 0. The molecule has 3 nitrogen and oxygen atoms in total. The Morgan fingerprint density at radius 1 is 1.47 bits per heavy atom. The van der Waals surface area contributed by atoms with Gasteiger partial charge in [-0.15, -0.1) is 0 Å². The average molecular weight is 266 g/mol. The lowest BCUT2D eigenvalue weighted by atomic mass is 9.83. The van der Waals surface area contributed by atoms with Crippen molar-refractivity contribution in [2.75, 3.05) is 13.2 Å². The summed E-state index contributed by atoms with van der Waals surface area (Å²) in [7, 11) is 0. The molecule has 108 valence electrons. The Labute approximate surface area is 116 Å². The summed E-state index contributed by atoms with van der Waals surface area (Å²) in [5.74, 6) is -0.0908. The normalized spacial score (nSPS) is 28.1. The first kappa shape index (κ1) is 14.6. The lowest BCUT2D eigenvalue weighted by Gasteiger charge is -2.35. The molecule has 0 bridgehead atoms. The van der Waals surface area contributed by atoms with Gasteiger partial charge in [-0.05, 0) is 51.5 Å². The Kier molecular flexibility index (Phi) is 4.34. The smallest absolute Gasteiger partial charge is 0.312 e. The quantitative estimate of drug-likeness (QED) is 0.576. The van der Waals surface area contributed by atoms with E-state index in [4.69, 9.17) is 9.47 Å². The fourth-order valence-electron chi connectivity index (χ4n) is 2.66. The minimum Gasteiger partial charge on any atom is -0.452 e. The topological polar surface area (TPSA) is 35.5 Å². The Morgan fingerprint density at radius 3 is 2.79 bits per heavy atom. The highest BCUT2D eigenvalue weighted by molar-refractivity contribution is 5.76. The number of allylic oxidation sites excluding steroid dienone is 1. The Hall–Kier alpha value is -0.830. The van der Waals surface area contributed by atoms with E-state index in [1.54, 1.807) is 0 Å². The molecule has 0 aromatic rings. The van der Waals surface area contributed by atoms with Crippen LogP contribution in [-0.2, 0) is 14.3 Å². The minimum absolute atomic E-state index is 0.0908. The van der Waals surface area contributed by atoms with Crippen LogP contribution in [0.3, 0.4) is 0 Å². The lowest BCUT2D eigenvalue weighted by Crippen LogP contribution is -2.42. The Morgan fingerprint density at radius 2 is 2.26 bits per heavy atom. The highest BCUT2D eigenvalue weighted by atomic mass is 16.6. The molecular formula is C16H26O3. The molecule has 1 saturated heterocycles. The molecule has 19 heavy (non-hydrogen) atoms. The van der Waals surface area contributed by atoms with E-state index in [1.165, 1.54) is 18.4 Å². The van der Waals surface area contributed by atoms with Crippen LogP contribution in [0.5, 0.6) is 0 Å². The van der Waals surface area contributed by atoms with E-state index in [2.05, 4.69) is 6.08 Å². The zero-order valence-corrected chi connectivity index (χ0v) is 12.5. The van der Waals surface area contributed by atoms with Gasteiger partial charge in [-0.25, -0.2) is 0 Å². The maximum Gasteiger partial charge on any atom is 0.312 e. The van der Waals surface area contributed by atoms with Crippen LogP contribution in [0.2, 0.25) is 0 Å². The number of esters is 1. The van der Waals surface area contributed by atoms with Crippen LogP contribution in [-0.4, -0.2) is 24.8 Å². The van der Waals surface area contributed by atoms with Crippen molar-refractivity contribution in [1.29, 1.82) is 0 Å². The van der Waals surface area contributed by atoms with E-state index in [1.807, 2.05) is 20.8 Å². The molecule has 0 amide bonds. The van der Waals surface area contributed by atoms with Gasteiger partial charge in [-0.2, -0.15) is 0 Å². The van der Waals surface area contributed by atoms with E-state index >= 15 is 0 Å². The van der Waals surface area contributed by atoms with Crippen molar-refractivity contribution in [3.05, 3.63) is 11.6 Å². The summed E-state index contributed by atoms with van der Waals surface area (Å²) < 4.78 is 11.5. The first-order chi connectivity index (χ1) is 9.00. The van der Waals surface area contributed by atoms with Gasteiger partial charge in [0, 0.05) is 6.42 Å². The van der Waals surface area contributed by atoms with Crippen molar-refractivity contribution < 1.29 is 14.3 Å². The van der Waals surface area contributed by atoms with Gasteiger partial charge in [-0.1, -0.05) is 13.0 Å². The number of ether oxygens (including phenoxy) is 2. The number of hydrogen-bond acceptors (Lipinski definition) is 3. The van der Waals surface area contributed by atoms with Crippen molar-refractivity contribution in [3.63, 3.8) is 0 Å². The fourth-order valence-corrected chi connectivity index (χ4v) is 2.66. The second kappa shape index (κ2) is 5.66. The van der Waals surface area contributed by atoms with Crippen LogP contribution >= 0.6 is 0 Å². The highest BCUT2D eigenvalue weighted by Gasteiger charge is 2.44. The first-order valence-corrected chi connectivity index (χ1v) is 7.51. The predicted octanol–water partition coefficient (Wildman–Crippen LogP) is 3.63. The molecule has 1 fully saturated rings. The van der Waals surface area contributed by atoms with Gasteiger partial charge in [0.05, 0.1) is 18.6 Å². The van der Waals surface area contributed by atoms with Crippen LogP contribution < -0.4 is 0 Å². The zero-order chi connectivity index (χ0) is 13.9. The summed E-state index contributed by atoms with van der Waals surface area (Å²) in [6.45, 7) is 7.16. The molecule has 1 unspecified atom stereocenters. The molecule has 0 aromatic heterocycles. The second-order valence-electron chi connectivity index (χ2n) is 6.40. The maximum atomic E-state index is 12.4. The van der Waals surface area contributed by atoms with E-state index in [0.717, 1.165) is 25.7 Å². The predicted molar refractivity (Wildman–Crippen MR) is 74.9 cm³/mol. The molecule has 2 aliphatic rings. The largest absolute Gasteiger partial charge is 0.452 e. The summed E-state index contributed by atoms with van der Waals surface area (Å²) in [4.78, 5) is 12.4. The van der Waals surface area contributed by atoms with Crippen molar-refractivity contribution in [2.45, 2.75) is 64.9 Å². The molecule has 0 aromatic carbocycles. The third kappa shape index (κ3) is 3.02. The van der Waals surface area contributed by atoms with Gasteiger partial charge in [0.1, 0.15) is 0 Å². The lowest BCUT2D eigenvalue weighted by molar-refractivity contribution is -0.167. The van der Waals surface area contributed by atoms with Gasteiger partial charge in [0.25, 0.3) is 0 Å².